The van der Waals surface area contributed by atoms with Crippen molar-refractivity contribution < 1.29 is 9.18 Å². The van der Waals surface area contributed by atoms with Crippen molar-refractivity contribution in [1.29, 1.82) is 0 Å². The second-order valence-corrected chi connectivity index (χ2v) is 4.48. The molecule has 1 saturated heterocycles. The molecule has 4 heteroatoms. The van der Waals surface area contributed by atoms with E-state index >= 15 is 0 Å². The summed E-state index contributed by atoms with van der Waals surface area (Å²) in [5.74, 6) is -0.0877. The van der Waals surface area contributed by atoms with Crippen LogP contribution in [0, 0.1) is 5.82 Å². The Morgan fingerprint density at radius 1 is 1.47 bits per heavy atom. The maximum atomic E-state index is 12.8. The first-order valence-corrected chi connectivity index (χ1v) is 5.93. The monoisotopic (exact) mass is 236 g/mol. The lowest BCUT2D eigenvalue weighted by molar-refractivity contribution is -0.119. The molecule has 0 saturated carbocycles. The van der Waals surface area contributed by atoms with Crippen molar-refractivity contribution in [2.45, 2.75) is 31.8 Å². The molecule has 1 unspecified atom stereocenters. The van der Waals surface area contributed by atoms with Crippen molar-refractivity contribution in [3.8, 4) is 0 Å². The van der Waals surface area contributed by atoms with Gasteiger partial charge in [-0.25, -0.2) is 4.39 Å². The summed E-state index contributed by atoms with van der Waals surface area (Å²) in [7, 11) is 0. The van der Waals surface area contributed by atoms with E-state index in [9.17, 15) is 9.18 Å². The highest BCUT2D eigenvalue weighted by Gasteiger charge is 2.20. The molecule has 1 heterocycles. The molecule has 0 aliphatic carbocycles. The van der Waals surface area contributed by atoms with Gasteiger partial charge < -0.3 is 10.6 Å². The SMILES string of the molecule is C[C@H](NCC1CCC(=O)N1)c1ccc(F)cc1. The molecule has 0 aromatic heterocycles. The molecule has 2 atom stereocenters. The third kappa shape index (κ3) is 3.27. The van der Waals surface area contributed by atoms with Gasteiger partial charge in [-0.05, 0) is 31.0 Å². The lowest BCUT2D eigenvalue weighted by atomic mass is 10.1. The molecule has 2 rings (SSSR count). The summed E-state index contributed by atoms with van der Waals surface area (Å²) >= 11 is 0. The fourth-order valence-corrected chi connectivity index (χ4v) is 2.02. The molecule has 1 amide bonds. The molecule has 0 bridgehead atoms. The van der Waals surface area contributed by atoms with Gasteiger partial charge in [-0.2, -0.15) is 0 Å². The highest BCUT2D eigenvalue weighted by atomic mass is 19.1. The minimum atomic E-state index is -0.219. The van der Waals surface area contributed by atoms with E-state index in [-0.39, 0.29) is 23.8 Å². The third-order valence-corrected chi connectivity index (χ3v) is 3.13. The van der Waals surface area contributed by atoms with Crippen molar-refractivity contribution >= 4 is 5.91 Å². The highest BCUT2D eigenvalue weighted by Crippen LogP contribution is 2.13. The van der Waals surface area contributed by atoms with E-state index in [0.717, 1.165) is 18.5 Å². The first kappa shape index (κ1) is 12.0. The van der Waals surface area contributed by atoms with E-state index in [4.69, 9.17) is 0 Å². The van der Waals surface area contributed by atoms with E-state index in [2.05, 4.69) is 10.6 Å². The molecule has 0 radical (unpaired) electrons. The van der Waals surface area contributed by atoms with E-state index in [1.165, 1.54) is 12.1 Å². The lowest BCUT2D eigenvalue weighted by Gasteiger charge is -2.17. The first-order valence-electron chi connectivity index (χ1n) is 5.93. The van der Waals surface area contributed by atoms with Gasteiger partial charge in [-0.1, -0.05) is 12.1 Å². The largest absolute Gasteiger partial charge is 0.352 e. The van der Waals surface area contributed by atoms with Gasteiger partial charge in [0, 0.05) is 25.0 Å². The van der Waals surface area contributed by atoms with Crippen LogP contribution in [0.3, 0.4) is 0 Å². The molecule has 1 aliphatic heterocycles. The Balaban J connectivity index is 1.82. The zero-order valence-corrected chi connectivity index (χ0v) is 9.87. The summed E-state index contributed by atoms with van der Waals surface area (Å²) < 4.78 is 12.8. The molecule has 1 aromatic rings. The van der Waals surface area contributed by atoms with Crippen molar-refractivity contribution in [3.05, 3.63) is 35.6 Å². The van der Waals surface area contributed by atoms with Gasteiger partial charge in [-0.15, -0.1) is 0 Å². The van der Waals surface area contributed by atoms with Crippen molar-refractivity contribution in [2.24, 2.45) is 0 Å². The Kier molecular flexibility index (Phi) is 3.74. The Labute approximate surface area is 100 Å². The van der Waals surface area contributed by atoms with Crippen molar-refractivity contribution in [2.75, 3.05) is 6.54 Å². The van der Waals surface area contributed by atoms with Crippen LogP contribution in [0.25, 0.3) is 0 Å². The van der Waals surface area contributed by atoms with Gasteiger partial charge in [0.25, 0.3) is 0 Å². The third-order valence-electron chi connectivity index (χ3n) is 3.13. The number of hydrogen-bond acceptors (Lipinski definition) is 2. The summed E-state index contributed by atoms with van der Waals surface area (Å²) in [4.78, 5) is 11.0. The number of rotatable bonds is 4. The van der Waals surface area contributed by atoms with Crippen LogP contribution in [0.15, 0.2) is 24.3 Å². The molecule has 17 heavy (non-hydrogen) atoms. The molecule has 1 aromatic carbocycles. The summed E-state index contributed by atoms with van der Waals surface area (Å²) in [6.45, 7) is 2.79. The number of hydrogen-bond donors (Lipinski definition) is 2. The molecule has 92 valence electrons. The van der Waals surface area contributed by atoms with Crippen LogP contribution in [-0.4, -0.2) is 18.5 Å². The number of halogens is 1. The van der Waals surface area contributed by atoms with Crippen LogP contribution in [0.2, 0.25) is 0 Å². The smallest absolute Gasteiger partial charge is 0.220 e. The summed E-state index contributed by atoms with van der Waals surface area (Å²) in [5.41, 5.74) is 1.05. The fraction of sp³-hybridized carbons (Fsp3) is 0.462. The Bertz CT molecular complexity index is 391. The van der Waals surface area contributed by atoms with Gasteiger partial charge in [-0.3, -0.25) is 4.79 Å². The molecule has 1 fully saturated rings. The molecule has 1 aliphatic rings. The number of carbonyl (C=O) groups excluding carboxylic acids is 1. The summed E-state index contributed by atoms with van der Waals surface area (Å²) in [6, 6.07) is 6.87. The Morgan fingerprint density at radius 2 is 2.18 bits per heavy atom. The van der Waals surface area contributed by atoms with Gasteiger partial charge in [0.05, 0.1) is 0 Å². The second kappa shape index (κ2) is 5.27. The van der Waals surface area contributed by atoms with Gasteiger partial charge in [0.2, 0.25) is 5.91 Å². The first-order chi connectivity index (χ1) is 8.15. The van der Waals surface area contributed by atoms with Crippen LogP contribution >= 0.6 is 0 Å². The van der Waals surface area contributed by atoms with Crippen molar-refractivity contribution in [1.82, 2.24) is 10.6 Å². The van der Waals surface area contributed by atoms with E-state index < -0.39 is 0 Å². The average molecular weight is 236 g/mol. The van der Waals surface area contributed by atoms with Crippen LogP contribution in [0.4, 0.5) is 4.39 Å². The minimum Gasteiger partial charge on any atom is -0.352 e. The van der Waals surface area contributed by atoms with Crippen LogP contribution in [0.5, 0.6) is 0 Å². The normalized spacial score (nSPS) is 21.3. The molecule has 0 spiro atoms. The van der Waals surface area contributed by atoms with Gasteiger partial charge in [0.1, 0.15) is 5.82 Å². The molecule has 3 nitrogen and oxygen atoms in total. The van der Waals surface area contributed by atoms with E-state index in [0.29, 0.717) is 6.42 Å². The van der Waals surface area contributed by atoms with Crippen molar-refractivity contribution in [3.63, 3.8) is 0 Å². The summed E-state index contributed by atoms with van der Waals surface area (Å²) in [5, 5.41) is 6.25. The predicted octanol–water partition coefficient (Wildman–Crippen LogP) is 1.75. The topological polar surface area (TPSA) is 41.1 Å². The van der Waals surface area contributed by atoms with E-state index in [1.54, 1.807) is 12.1 Å². The predicted molar refractivity (Wildman–Crippen MR) is 64.0 cm³/mol. The maximum Gasteiger partial charge on any atom is 0.220 e. The Morgan fingerprint density at radius 3 is 2.76 bits per heavy atom. The average Bonchev–Trinajstić information content (AvgIpc) is 2.73. The summed E-state index contributed by atoms with van der Waals surface area (Å²) in [6.07, 6.45) is 1.51. The zero-order chi connectivity index (χ0) is 12.3. The van der Waals surface area contributed by atoms with Crippen LogP contribution < -0.4 is 10.6 Å². The quantitative estimate of drug-likeness (QED) is 0.836. The number of nitrogens with one attached hydrogen (secondary N) is 2. The molecule has 2 N–H and O–H groups in total. The minimum absolute atomic E-state index is 0.131. The lowest BCUT2D eigenvalue weighted by Crippen LogP contribution is -2.36. The fourth-order valence-electron chi connectivity index (χ4n) is 2.02. The highest BCUT2D eigenvalue weighted by molar-refractivity contribution is 5.78. The van der Waals surface area contributed by atoms with Gasteiger partial charge in [0.15, 0.2) is 0 Å². The second-order valence-electron chi connectivity index (χ2n) is 4.48. The maximum absolute atomic E-state index is 12.8. The number of benzene rings is 1. The standard InChI is InChI=1S/C13H17FN2O/c1-9(10-2-4-11(14)5-3-10)15-8-12-6-7-13(17)16-12/h2-5,9,12,15H,6-8H2,1H3,(H,16,17)/t9-,12?/m0/s1. The zero-order valence-electron chi connectivity index (χ0n) is 9.87. The number of carbonyl (C=O) groups is 1. The van der Waals surface area contributed by atoms with Crippen LogP contribution in [-0.2, 0) is 4.79 Å². The van der Waals surface area contributed by atoms with Crippen LogP contribution in [0.1, 0.15) is 31.4 Å². The molecular formula is C13H17FN2O. The Hall–Kier alpha value is -1.42. The van der Waals surface area contributed by atoms with Gasteiger partial charge >= 0.3 is 0 Å². The van der Waals surface area contributed by atoms with E-state index in [1.807, 2.05) is 6.92 Å². The number of amides is 1. The molecular weight excluding hydrogens is 219 g/mol.